The molecule has 1 heterocycles. The summed E-state index contributed by atoms with van der Waals surface area (Å²) in [5, 5.41) is 6.77. The average molecular weight is 393 g/mol. The first-order valence-electron chi connectivity index (χ1n) is 11.2. The van der Waals surface area contributed by atoms with Crippen molar-refractivity contribution in [3.63, 3.8) is 0 Å². The number of nitrogens with one attached hydrogen (secondary N) is 2. The van der Waals surface area contributed by atoms with Gasteiger partial charge in [-0.25, -0.2) is 0 Å². The number of rotatable bonds is 7. The summed E-state index contributed by atoms with van der Waals surface area (Å²) in [5.74, 6) is 3.62. The van der Waals surface area contributed by atoms with Crippen LogP contribution in [0.4, 0.5) is 0 Å². The zero-order chi connectivity index (χ0) is 19.8. The zero-order valence-electron chi connectivity index (χ0n) is 17.3. The van der Waals surface area contributed by atoms with Gasteiger partial charge in [0.15, 0.2) is 0 Å². The monoisotopic (exact) mass is 392 g/mol. The van der Waals surface area contributed by atoms with Crippen molar-refractivity contribution in [3.05, 3.63) is 60.1 Å². The molecule has 2 atom stereocenters. The fourth-order valence-electron chi connectivity index (χ4n) is 6.83. The van der Waals surface area contributed by atoms with Gasteiger partial charge in [-0.05, 0) is 86.3 Å². The second kappa shape index (κ2) is 7.64. The largest absolute Gasteiger partial charge is 0.467 e. The van der Waals surface area contributed by atoms with Crippen LogP contribution in [0.1, 0.15) is 62.8 Å². The number of carbonyl (C=O) groups is 1. The van der Waals surface area contributed by atoms with E-state index in [0.29, 0.717) is 5.41 Å². The number of hydrogen-bond donors (Lipinski definition) is 2. The van der Waals surface area contributed by atoms with Crippen molar-refractivity contribution < 1.29 is 9.21 Å². The minimum Gasteiger partial charge on any atom is -0.467 e. The Morgan fingerprint density at radius 3 is 2.28 bits per heavy atom. The van der Waals surface area contributed by atoms with Gasteiger partial charge in [0.05, 0.1) is 18.8 Å². The minimum absolute atomic E-state index is 0.0840. The topological polar surface area (TPSA) is 54.3 Å². The molecule has 0 spiro atoms. The second-order valence-electron chi connectivity index (χ2n) is 9.81. The van der Waals surface area contributed by atoms with E-state index < -0.39 is 0 Å². The maximum Gasteiger partial charge on any atom is 0.234 e. The predicted octanol–water partition coefficient (Wildman–Crippen LogP) is 4.68. The van der Waals surface area contributed by atoms with E-state index in [0.717, 1.165) is 29.1 Å². The van der Waals surface area contributed by atoms with Gasteiger partial charge in [-0.1, -0.05) is 30.3 Å². The molecule has 2 aromatic rings. The van der Waals surface area contributed by atoms with Crippen molar-refractivity contribution in [2.24, 2.45) is 23.2 Å². The van der Waals surface area contributed by atoms with Crippen LogP contribution in [-0.2, 0) is 4.79 Å². The number of furan rings is 1. The highest BCUT2D eigenvalue weighted by Crippen LogP contribution is 2.61. The fourth-order valence-corrected chi connectivity index (χ4v) is 6.83. The van der Waals surface area contributed by atoms with Gasteiger partial charge in [0.1, 0.15) is 5.76 Å². The van der Waals surface area contributed by atoms with Gasteiger partial charge in [0.2, 0.25) is 5.91 Å². The number of benzene rings is 1. The number of amides is 1. The first-order valence-corrected chi connectivity index (χ1v) is 11.2. The predicted molar refractivity (Wildman–Crippen MR) is 113 cm³/mol. The highest BCUT2D eigenvalue weighted by Gasteiger charge is 2.53. The van der Waals surface area contributed by atoms with Gasteiger partial charge < -0.3 is 9.73 Å². The Labute approximate surface area is 173 Å². The van der Waals surface area contributed by atoms with Crippen molar-refractivity contribution in [3.8, 4) is 0 Å². The molecule has 0 saturated heterocycles. The Bertz CT molecular complexity index is 794. The summed E-state index contributed by atoms with van der Waals surface area (Å²) in [6, 6.07) is 14.2. The molecule has 1 aromatic heterocycles. The van der Waals surface area contributed by atoms with Gasteiger partial charge in [-0.2, -0.15) is 0 Å². The van der Waals surface area contributed by atoms with E-state index >= 15 is 0 Å². The van der Waals surface area contributed by atoms with E-state index in [-0.39, 0.29) is 24.5 Å². The molecule has 0 radical (unpaired) electrons. The Kier molecular flexibility index (Phi) is 4.99. The molecule has 4 bridgehead atoms. The summed E-state index contributed by atoms with van der Waals surface area (Å²) in [6.07, 6.45) is 9.92. The van der Waals surface area contributed by atoms with Crippen LogP contribution in [0.3, 0.4) is 0 Å². The Hall–Kier alpha value is -2.07. The van der Waals surface area contributed by atoms with Crippen LogP contribution in [0.25, 0.3) is 0 Å². The van der Waals surface area contributed by atoms with Crippen molar-refractivity contribution in [1.82, 2.24) is 10.6 Å². The molecule has 4 aliphatic rings. The van der Waals surface area contributed by atoms with Gasteiger partial charge in [0.25, 0.3) is 0 Å². The summed E-state index contributed by atoms with van der Waals surface area (Å²) < 4.78 is 5.63. The lowest BCUT2D eigenvalue weighted by molar-refractivity contribution is -0.125. The molecule has 4 fully saturated rings. The third-order valence-electron chi connectivity index (χ3n) is 7.81. The second-order valence-corrected chi connectivity index (χ2v) is 9.81. The lowest BCUT2D eigenvalue weighted by Gasteiger charge is -2.59. The lowest BCUT2D eigenvalue weighted by Crippen LogP contribution is -2.56. The Morgan fingerprint density at radius 1 is 1.03 bits per heavy atom. The summed E-state index contributed by atoms with van der Waals surface area (Å²) >= 11 is 0. The van der Waals surface area contributed by atoms with E-state index in [1.54, 1.807) is 6.26 Å². The number of hydrogen-bond acceptors (Lipinski definition) is 3. The van der Waals surface area contributed by atoms with Gasteiger partial charge in [-0.3, -0.25) is 10.1 Å². The van der Waals surface area contributed by atoms with Crippen LogP contribution in [0.2, 0.25) is 0 Å². The SMILES string of the molecule is C[C@H](NC(=O)CN[C@H](c1ccccc1)c1ccco1)C12CC3CC(CC(C3)C1)C2. The van der Waals surface area contributed by atoms with Crippen molar-refractivity contribution >= 4 is 5.91 Å². The highest BCUT2D eigenvalue weighted by atomic mass is 16.3. The van der Waals surface area contributed by atoms with E-state index in [9.17, 15) is 4.79 Å². The molecule has 1 amide bonds. The summed E-state index contributed by atoms with van der Waals surface area (Å²) in [7, 11) is 0. The van der Waals surface area contributed by atoms with Crippen molar-refractivity contribution in [2.45, 2.75) is 57.5 Å². The molecule has 2 N–H and O–H groups in total. The molecule has 0 unspecified atom stereocenters. The maximum atomic E-state index is 12.8. The molecule has 4 aliphatic carbocycles. The van der Waals surface area contributed by atoms with Gasteiger partial charge in [0, 0.05) is 6.04 Å². The van der Waals surface area contributed by atoms with Crippen molar-refractivity contribution in [2.75, 3.05) is 6.54 Å². The highest BCUT2D eigenvalue weighted by molar-refractivity contribution is 5.78. The third-order valence-corrected chi connectivity index (χ3v) is 7.81. The van der Waals surface area contributed by atoms with E-state index in [4.69, 9.17) is 4.42 Å². The standard InChI is InChI=1S/C25H32N2O2/c1-17(25-13-18-10-19(14-25)12-20(11-18)15-25)27-23(28)16-26-24(22-8-5-9-29-22)21-6-3-2-4-7-21/h2-9,17-20,24,26H,10-16H2,1H3,(H,27,28)/t17-,18?,19?,20?,24+,25?/m0/s1. The van der Waals surface area contributed by atoms with Crippen LogP contribution in [0.15, 0.2) is 53.1 Å². The van der Waals surface area contributed by atoms with Gasteiger partial charge >= 0.3 is 0 Å². The van der Waals surface area contributed by atoms with Crippen LogP contribution >= 0.6 is 0 Å². The smallest absolute Gasteiger partial charge is 0.234 e. The molecule has 4 heteroatoms. The lowest BCUT2D eigenvalue weighted by atomic mass is 9.48. The zero-order valence-corrected chi connectivity index (χ0v) is 17.3. The Morgan fingerprint density at radius 2 is 1.69 bits per heavy atom. The summed E-state index contributed by atoms with van der Waals surface area (Å²) in [6.45, 7) is 2.53. The van der Waals surface area contributed by atoms with Crippen LogP contribution in [0, 0.1) is 23.2 Å². The molecular formula is C25H32N2O2. The molecule has 4 nitrogen and oxygen atoms in total. The average Bonchev–Trinajstić information content (AvgIpc) is 3.22. The first kappa shape index (κ1) is 18.9. The molecule has 0 aliphatic heterocycles. The molecule has 29 heavy (non-hydrogen) atoms. The summed E-state index contributed by atoms with van der Waals surface area (Å²) in [4.78, 5) is 12.8. The summed E-state index contributed by atoms with van der Waals surface area (Å²) in [5.41, 5.74) is 1.44. The third kappa shape index (κ3) is 3.75. The maximum absolute atomic E-state index is 12.8. The molecular weight excluding hydrogens is 360 g/mol. The normalized spacial score (nSPS) is 32.1. The van der Waals surface area contributed by atoms with Crippen LogP contribution < -0.4 is 10.6 Å². The quantitative estimate of drug-likeness (QED) is 0.719. The first-order chi connectivity index (χ1) is 14.1. The molecule has 154 valence electrons. The number of carbonyl (C=O) groups excluding carboxylic acids is 1. The van der Waals surface area contributed by atoms with Gasteiger partial charge in [-0.15, -0.1) is 0 Å². The van der Waals surface area contributed by atoms with Crippen molar-refractivity contribution in [1.29, 1.82) is 0 Å². The van der Waals surface area contributed by atoms with E-state index in [1.165, 1.54) is 38.5 Å². The van der Waals surface area contributed by atoms with Crippen LogP contribution in [0.5, 0.6) is 0 Å². The van der Waals surface area contributed by atoms with E-state index in [1.807, 2.05) is 30.3 Å². The molecule has 1 aromatic carbocycles. The molecule has 4 saturated carbocycles. The minimum atomic E-state index is -0.119. The molecule has 6 rings (SSSR count). The van der Waals surface area contributed by atoms with Crippen LogP contribution in [-0.4, -0.2) is 18.5 Å². The van der Waals surface area contributed by atoms with E-state index in [2.05, 4.69) is 29.7 Å². The Balaban J connectivity index is 1.22. The fraction of sp³-hybridized carbons (Fsp3) is 0.560.